The van der Waals surface area contributed by atoms with Gasteiger partial charge in [-0.25, -0.2) is 4.98 Å². The fourth-order valence-electron chi connectivity index (χ4n) is 1.73. The van der Waals surface area contributed by atoms with Crippen LogP contribution in [0.3, 0.4) is 0 Å². The molecule has 16 heavy (non-hydrogen) atoms. The van der Waals surface area contributed by atoms with E-state index in [9.17, 15) is 0 Å². The minimum absolute atomic E-state index is 0.769. The smallest absolute Gasteiger partial charge is 0.203 e. The van der Waals surface area contributed by atoms with Crippen molar-refractivity contribution in [3.05, 3.63) is 24.5 Å². The molecular formula is C13H23N3. The summed E-state index contributed by atoms with van der Waals surface area (Å²) in [5.74, 6) is 0.967. The summed E-state index contributed by atoms with van der Waals surface area (Å²) < 4.78 is 2.20. The molecule has 0 spiro atoms. The normalized spacial score (nSPS) is 10.4. The second-order valence-corrected chi connectivity index (χ2v) is 4.13. The van der Waals surface area contributed by atoms with Crippen molar-refractivity contribution >= 4 is 5.95 Å². The summed E-state index contributed by atoms with van der Waals surface area (Å²) in [5, 5.41) is 3.26. The number of anilines is 1. The number of hydrogen-bond acceptors (Lipinski definition) is 2. The molecule has 90 valence electrons. The highest BCUT2D eigenvalue weighted by atomic mass is 15.2. The van der Waals surface area contributed by atoms with Gasteiger partial charge in [0.05, 0.1) is 5.69 Å². The third-order valence-electron chi connectivity index (χ3n) is 2.55. The van der Waals surface area contributed by atoms with Crippen LogP contribution in [-0.4, -0.2) is 16.1 Å². The topological polar surface area (TPSA) is 29.9 Å². The Hall–Kier alpha value is -1.25. The van der Waals surface area contributed by atoms with Gasteiger partial charge < -0.3 is 9.88 Å². The summed E-state index contributed by atoms with van der Waals surface area (Å²) in [6.07, 6.45) is 9.09. The Morgan fingerprint density at radius 1 is 1.44 bits per heavy atom. The van der Waals surface area contributed by atoms with Crippen LogP contribution in [-0.2, 0) is 6.54 Å². The van der Waals surface area contributed by atoms with Crippen LogP contribution in [0, 0.1) is 6.92 Å². The first-order valence-electron chi connectivity index (χ1n) is 6.16. The fraction of sp³-hybridized carbons (Fsp3) is 0.615. The minimum atomic E-state index is 0.769. The maximum Gasteiger partial charge on any atom is 0.203 e. The molecule has 0 saturated heterocycles. The van der Waals surface area contributed by atoms with Crippen molar-refractivity contribution in [2.24, 2.45) is 0 Å². The second-order valence-electron chi connectivity index (χ2n) is 4.13. The van der Waals surface area contributed by atoms with Gasteiger partial charge in [0.1, 0.15) is 0 Å². The monoisotopic (exact) mass is 221 g/mol. The van der Waals surface area contributed by atoms with Crippen LogP contribution in [0.5, 0.6) is 0 Å². The average molecular weight is 221 g/mol. The second kappa shape index (κ2) is 7.09. The van der Waals surface area contributed by atoms with E-state index in [4.69, 9.17) is 0 Å². The Kier molecular flexibility index (Phi) is 5.68. The number of rotatable bonds is 8. The lowest BCUT2D eigenvalue weighted by atomic mass is 10.2. The molecule has 0 atom stereocenters. The summed E-state index contributed by atoms with van der Waals surface area (Å²) in [4.78, 5) is 4.45. The number of nitrogens with one attached hydrogen (secondary N) is 1. The van der Waals surface area contributed by atoms with E-state index in [0.29, 0.717) is 0 Å². The molecule has 0 radical (unpaired) electrons. The van der Waals surface area contributed by atoms with E-state index in [2.05, 4.69) is 34.6 Å². The third-order valence-corrected chi connectivity index (χ3v) is 2.55. The highest BCUT2D eigenvalue weighted by Gasteiger charge is 2.03. The largest absolute Gasteiger partial charge is 0.352 e. The molecule has 1 heterocycles. The van der Waals surface area contributed by atoms with Gasteiger partial charge in [0.2, 0.25) is 5.95 Å². The predicted octanol–water partition coefficient (Wildman–Crippen LogP) is 3.37. The molecule has 0 unspecified atom stereocenters. The van der Waals surface area contributed by atoms with Gasteiger partial charge in [0, 0.05) is 19.3 Å². The third kappa shape index (κ3) is 4.09. The van der Waals surface area contributed by atoms with Gasteiger partial charge in [-0.3, -0.25) is 0 Å². The molecule has 0 bridgehead atoms. The molecule has 1 N–H and O–H groups in total. The van der Waals surface area contributed by atoms with Gasteiger partial charge in [-0.15, -0.1) is 6.58 Å². The fourth-order valence-corrected chi connectivity index (χ4v) is 1.73. The Morgan fingerprint density at radius 3 is 2.94 bits per heavy atom. The lowest BCUT2D eigenvalue weighted by molar-refractivity contribution is 0.585. The van der Waals surface area contributed by atoms with Gasteiger partial charge in [0.15, 0.2) is 0 Å². The van der Waals surface area contributed by atoms with E-state index in [1.54, 1.807) is 0 Å². The first-order valence-corrected chi connectivity index (χ1v) is 6.16. The highest BCUT2D eigenvalue weighted by Crippen LogP contribution is 2.10. The molecule has 3 nitrogen and oxygen atoms in total. The molecule has 1 aromatic rings. The van der Waals surface area contributed by atoms with Crippen molar-refractivity contribution in [3.8, 4) is 0 Å². The van der Waals surface area contributed by atoms with Crippen molar-refractivity contribution in [3.63, 3.8) is 0 Å². The van der Waals surface area contributed by atoms with Crippen LogP contribution < -0.4 is 5.32 Å². The molecule has 0 aliphatic rings. The van der Waals surface area contributed by atoms with Crippen molar-refractivity contribution in [2.75, 3.05) is 11.9 Å². The summed E-state index contributed by atoms with van der Waals surface area (Å²) in [6.45, 7) is 9.79. The Morgan fingerprint density at radius 2 is 2.25 bits per heavy atom. The van der Waals surface area contributed by atoms with Crippen LogP contribution >= 0.6 is 0 Å². The quantitative estimate of drug-likeness (QED) is 0.539. The van der Waals surface area contributed by atoms with E-state index in [0.717, 1.165) is 24.7 Å². The molecule has 0 amide bonds. The molecule has 1 aromatic heterocycles. The maximum atomic E-state index is 4.45. The first kappa shape index (κ1) is 12.8. The van der Waals surface area contributed by atoms with Crippen LogP contribution in [0.15, 0.2) is 18.9 Å². The van der Waals surface area contributed by atoms with Crippen molar-refractivity contribution in [1.29, 1.82) is 0 Å². The van der Waals surface area contributed by atoms with Gasteiger partial charge in [-0.1, -0.05) is 32.3 Å². The number of imidazole rings is 1. The van der Waals surface area contributed by atoms with Crippen molar-refractivity contribution in [1.82, 2.24) is 9.55 Å². The lowest BCUT2D eigenvalue weighted by Crippen LogP contribution is -2.07. The number of hydrogen-bond donors (Lipinski definition) is 1. The summed E-state index contributed by atoms with van der Waals surface area (Å²) >= 11 is 0. The van der Waals surface area contributed by atoms with E-state index in [-0.39, 0.29) is 0 Å². The van der Waals surface area contributed by atoms with E-state index >= 15 is 0 Å². The van der Waals surface area contributed by atoms with Crippen molar-refractivity contribution < 1.29 is 0 Å². The number of aromatic nitrogens is 2. The Labute approximate surface area is 98.6 Å². The minimum Gasteiger partial charge on any atom is -0.352 e. The molecule has 0 aromatic carbocycles. The number of aryl methyl sites for hydroxylation is 2. The molecular weight excluding hydrogens is 198 g/mol. The Balaban J connectivity index is 2.46. The zero-order valence-corrected chi connectivity index (χ0v) is 10.5. The van der Waals surface area contributed by atoms with Crippen LogP contribution in [0.1, 0.15) is 38.3 Å². The van der Waals surface area contributed by atoms with Gasteiger partial charge >= 0.3 is 0 Å². The highest BCUT2D eigenvalue weighted by molar-refractivity contribution is 5.29. The van der Waals surface area contributed by atoms with E-state index in [1.165, 1.54) is 25.7 Å². The maximum absolute atomic E-state index is 4.45. The van der Waals surface area contributed by atoms with E-state index < -0.39 is 0 Å². The molecule has 3 heteroatoms. The Bertz CT molecular complexity index is 315. The number of nitrogens with zero attached hydrogens (tertiary/aromatic N) is 2. The zero-order chi connectivity index (χ0) is 11.8. The standard InChI is InChI=1S/C13H23N3/c1-4-6-7-8-10-16-11-12(3)15-13(16)14-9-5-2/h5,11H,2,4,6-10H2,1,3H3,(H,14,15). The average Bonchev–Trinajstić information content (AvgIpc) is 2.62. The first-order chi connectivity index (χ1) is 7.77. The van der Waals surface area contributed by atoms with Crippen molar-refractivity contribution in [2.45, 2.75) is 46.1 Å². The summed E-state index contributed by atoms with van der Waals surface area (Å²) in [5.41, 5.74) is 1.07. The van der Waals surface area contributed by atoms with E-state index in [1.807, 2.05) is 13.0 Å². The van der Waals surface area contributed by atoms with Crippen LogP contribution in [0.4, 0.5) is 5.95 Å². The number of unbranched alkanes of at least 4 members (excludes halogenated alkanes) is 3. The molecule has 0 fully saturated rings. The summed E-state index contributed by atoms with van der Waals surface area (Å²) in [6, 6.07) is 0. The molecule has 1 rings (SSSR count). The molecule has 0 saturated carbocycles. The lowest BCUT2D eigenvalue weighted by Gasteiger charge is -2.07. The van der Waals surface area contributed by atoms with Gasteiger partial charge in [-0.05, 0) is 13.3 Å². The molecule has 0 aliphatic heterocycles. The predicted molar refractivity (Wildman–Crippen MR) is 69.8 cm³/mol. The SMILES string of the molecule is C=CCNc1nc(C)cn1CCCCCC. The van der Waals surface area contributed by atoms with Gasteiger partial charge in [0.25, 0.3) is 0 Å². The van der Waals surface area contributed by atoms with Crippen LogP contribution in [0.25, 0.3) is 0 Å². The zero-order valence-electron chi connectivity index (χ0n) is 10.5. The van der Waals surface area contributed by atoms with Crippen LogP contribution in [0.2, 0.25) is 0 Å². The molecule has 0 aliphatic carbocycles. The van der Waals surface area contributed by atoms with Gasteiger partial charge in [-0.2, -0.15) is 0 Å². The summed E-state index contributed by atoms with van der Waals surface area (Å²) in [7, 11) is 0.